The molecular formula is C21H19NO5S. The fraction of sp³-hybridized carbons (Fsp3) is 0.0952. The van der Waals surface area contributed by atoms with Gasteiger partial charge in [-0.3, -0.25) is 4.31 Å². The second kappa shape index (κ2) is 8.14. The Kier molecular flexibility index (Phi) is 5.65. The van der Waals surface area contributed by atoms with Crippen LogP contribution >= 0.6 is 0 Å². The van der Waals surface area contributed by atoms with Crippen LogP contribution in [-0.4, -0.2) is 21.4 Å². The molecule has 0 aliphatic rings. The topological polar surface area (TPSA) is 76.8 Å². The Morgan fingerprint density at radius 1 is 1.04 bits per heavy atom. The van der Waals surface area contributed by atoms with Gasteiger partial charge in [0, 0.05) is 13.1 Å². The fourth-order valence-corrected chi connectivity index (χ4v) is 3.61. The van der Waals surface area contributed by atoms with Crippen molar-refractivity contribution in [3.05, 3.63) is 84.3 Å². The number of carbonyl (C=O) groups is 1. The van der Waals surface area contributed by atoms with Crippen molar-refractivity contribution in [1.82, 2.24) is 0 Å². The third-order valence-corrected chi connectivity index (χ3v) is 5.82. The molecule has 7 heteroatoms. The predicted molar refractivity (Wildman–Crippen MR) is 107 cm³/mol. The largest absolute Gasteiger partial charge is 0.465 e. The number of sulfonamides is 1. The number of anilines is 1. The summed E-state index contributed by atoms with van der Waals surface area (Å²) in [5.41, 5.74) is 1.43. The van der Waals surface area contributed by atoms with E-state index < -0.39 is 16.0 Å². The number of nitrogens with zero attached hydrogens (tertiary/aromatic N) is 1. The van der Waals surface area contributed by atoms with Gasteiger partial charge in [-0.2, -0.15) is 0 Å². The minimum atomic E-state index is -3.67. The molecule has 144 valence electrons. The first-order chi connectivity index (χ1) is 13.4. The van der Waals surface area contributed by atoms with Crippen molar-refractivity contribution in [2.75, 3.05) is 11.4 Å². The third-order valence-electron chi connectivity index (χ3n) is 4.03. The van der Waals surface area contributed by atoms with Crippen LogP contribution in [-0.2, 0) is 14.8 Å². The number of benzene rings is 2. The molecule has 1 heterocycles. The molecule has 0 amide bonds. The molecule has 0 aliphatic heterocycles. The highest BCUT2D eigenvalue weighted by atomic mass is 32.2. The standard InChI is InChI=1S/C21H19NO5S/c1-16-5-12-20(13-6-16)28(24,25)22(2)17-7-9-19(10-8-17)27-21(23)14-11-18-4-3-15-26-18/h3-15H,1-2H3/b14-11+. The number of hydrogen-bond donors (Lipinski definition) is 0. The van der Waals surface area contributed by atoms with Crippen molar-refractivity contribution in [3.63, 3.8) is 0 Å². The number of aryl methyl sites for hydroxylation is 1. The summed E-state index contributed by atoms with van der Waals surface area (Å²) >= 11 is 0. The number of rotatable bonds is 6. The van der Waals surface area contributed by atoms with E-state index in [-0.39, 0.29) is 4.90 Å². The average molecular weight is 397 g/mol. The van der Waals surface area contributed by atoms with Crippen LogP contribution in [0.25, 0.3) is 6.08 Å². The van der Waals surface area contributed by atoms with Crippen molar-refractivity contribution >= 4 is 27.8 Å². The molecule has 3 rings (SSSR count). The van der Waals surface area contributed by atoms with Gasteiger partial charge in [0.15, 0.2) is 0 Å². The molecule has 0 saturated carbocycles. The van der Waals surface area contributed by atoms with Crippen LogP contribution in [0.15, 0.2) is 82.3 Å². The Morgan fingerprint density at radius 2 is 1.71 bits per heavy atom. The van der Waals surface area contributed by atoms with Gasteiger partial charge in [0.25, 0.3) is 10.0 Å². The summed E-state index contributed by atoms with van der Waals surface area (Å²) in [6.07, 6.45) is 4.25. The van der Waals surface area contributed by atoms with Gasteiger partial charge in [-0.1, -0.05) is 17.7 Å². The molecule has 2 aromatic carbocycles. The molecule has 0 atom stereocenters. The maximum absolute atomic E-state index is 12.7. The first-order valence-corrected chi connectivity index (χ1v) is 9.89. The molecule has 6 nitrogen and oxygen atoms in total. The minimum absolute atomic E-state index is 0.208. The third kappa shape index (κ3) is 4.50. The Bertz CT molecular complexity index is 1070. The van der Waals surface area contributed by atoms with Gasteiger partial charge >= 0.3 is 5.97 Å². The normalized spacial score (nSPS) is 11.5. The lowest BCUT2D eigenvalue weighted by molar-refractivity contribution is -0.128. The monoisotopic (exact) mass is 397 g/mol. The number of esters is 1. The number of ether oxygens (including phenoxy) is 1. The molecule has 1 aromatic heterocycles. The summed E-state index contributed by atoms with van der Waals surface area (Å²) in [5, 5.41) is 0. The Hall–Kier alpha value is -3.32. The van der Waals surface area contributed by atoms with Crippen molar-refractivity contribution in [1.29, 1.82) is 0 Å². The van der Waals surface area contributed by atoms with Crippen LogP contribution in [0.3, 0.4) is 0 Å². The highest BCUT2D eigenvalue weighted by Crippen LogP contribution is 2.24. The van der Waals surface area contributed by atoms with E-state index in [2.05, 4.69) is 0 Å². The summed E-state index contributed by atoms with van der Waals surface area (Å²) in [4.78, 5) is 12.0. The molecule has 0 bridgehead atoms. The number of furan rings is 1. The van der Waals surface area contributed by atoms with Gasteiger partial charge in [-0.25, -0.2) is 13.2 Å². The second-order valence-electron chi connectivity index (χ2n) is 6.05. The first-order valence-electron chi connectivity index (χ1n) is 8.45. The van der Waals surface area contributed by atoms with Gasteiger partial charge in [0.2, 0.25) is 0 Å². The van der Waals surface area contributed by atoms with Crippen LogP contribution in [0.1, 0.15) is 11.3 Å². The summed E-state index contributed by atoms with van der Waals surface area (Å²) in [6, 6.07) is 16.3. The highest BCUT2D eigenvalue weighted by molar-refractivity contribution is 7.92. The highest BCUT2D eigenvalue weighted by Gasteiger charge is 2.21. The van der Waals surface area contributed by atoms with Gasteiger partial charge < -0.3 is 9.15 Å². The maximum Gasteiger partial charge on any atom is 0.336 e. The Balaban J connectivity index is 1.69. The van der Waals surface area contributed by atoms with Gasteiger partial charge in [-0.05, 0) is 61.5 Å². The molecule has 0 radical (unpaired) electrons. The quantitative estimate of drug-likeness (QED) is 0.357. The molecule has 28 heavy (non-hydrogen) atoms. The van der Waals surface area contributed by atoms with Gasteiger partial charge in [0.1, 0.15) is 11.5 Å². The van der Waals surface area contributed by atoms with Crippen molar-refractivity contribution in [2.45, 2.75) is 11.8 Å². The zero-order valence-electron chi connectivity index (χ0n) is 15.4. The SMILES string of the molecule is Cc1ccc(S(=O)(=O)N(C)c2ccc(OC(=O)/C=C/c3ccco3)cc2)cc1. The van der Waals surface area contributed by atoms with Crippen molar-refractivity contribution in [2.24, 2.45) is 0 Å². The minimum Gasteiger partial charge on any atom is -0.465 e. The molecule has 0 saturated heterocycles. The lowest BCUT2D eigenvalue weighted by Crippen LogP contribution is -2.26. The number of carbonyl (C=O) groups excluding carboxylic acids is 1. The summed E-state index contributed by atoms with van der Waals surface area (Å²) in [5.74, 6) is 0.277. The molecule has 3 aromatic rings. The fourth-order valence-electron chi connectivity index (χ4n) is 2.42. The molecule has 0 aliphatic carbocycles. The van der Waals surface area contributed by atoms with E-state index in [1.54, 1.807) is 48.5 Å². The molecule has 0 N–H and O–H groups in total. The van der Waals surface area contributed by atoms with E-state index in [9.17, 15) is 13.2 Å². The number of hydrogen-bond acceptors (Lipinski definition) is 5. The average Bonchev–Trinajstić information content (AvgIpc) is 3.20. The molecule has 0 fully saturated rings. The van der Waals surface area contributed by atoms with Crippen LogP contribution in [0.5, 0.6) is 5.75 Å². The summed E-state index contributed by atoms with van der Waals surface area (Å²) in [7, 11) is -2.20. The summed E-state index contributed by atoms with van der Waals surface area (Å²) < 4.78 is 36.9. The smallest absolute Gasteiger partial charge is 0.336 e. The van der Waals surface area contributed by atoms with Gasteiger partial charge in [-0.15, -0.1) is 0 Å². The molecular weight excluding hydrogens is 378 g/mol. The van der Waals surface area contributed by atoms with E-state index in [1.165, 1.54) is 41.9 Å². The lowest BCUT2D eigenvalue weighted by Gasteiger charge is -2.19. The van der Waals surface area contributed by atoms with Crippen LogP contribution < -0.4 is 9.04 Å². The summed E-state index contributed by atoms with van der Waals surface area (Å²) in [6.45, 7) is 1.89. The second-order valence-corrected chi connectivity index (χ2v) is 8.02. The molecule has 0 unspecified atom stereocenters. The zero-order valence-corrected chi connectivity index (χ0v) is 16.2. The van der Waals surface area contributed by atoms with Gasteiger partial charge in [0.05, 0.1) is 16.8 Å². The lowest BCUT2D eigenvalue weighted by atomic mass is 10.2. The van der Waals surface area contributed by atoms with E-state index in [0.29, 0.717) is 17.2 Å². The van der Waals surface area contributed by atoms with E-state index in [1.807, 2.05) is 6.92 Å². The van der Waals surface area contributed by atoms with E-state index in [0.717, 1.165) is 5.56 Å². The first kappa shape index (κ1) is 19.4. The predicted octanol–water partition coefficient (Wildman–Crippen LogP) is 4.03. The Morgan fingerprint density at radius 3 is 2.32 bits per heavy atom. The van der Waals surface area contributed by atoms with E-state index in [4.69, 9.17) is 9.15 Å². The molecule has 0 spiro atoms. The zero-order chi connectivity index (χ0) is 20.1. The van der Waals surface area contributed by atoms with E-state index >= 15 is 0 Å². The maximum atomic E-state index is 12.7. The van der Waals surface area contributed by atoms with Crippen LogP contribution in [0.2, 0.25) is 0 Å². The van der Waals surface area contributed by atoms with Crippen molar-refractivity contribution < 1.29 is 22.4 Å². The van der Waals surface area contributed by atoms with Crippen molar-refractivity contribution in [3.8, 4) is 5.75 Å². The van der Waals surface area contributed by atoms with Crippen LogP contribution in [0, 0.1) is 6.92 Å². The van der Waals surface area contributed by atoms with Crippen LogP contribution in [0.4, 0.5) is 5.69 Å². The Labute approximate surface area is 163 Å².